The summed E-state index contributed by atoms with van der Waals surface area (Å²) in [6, 6.07) is 13.6. The molecule has 1 N–H and O–H groups in total. The lowest BCUT2D eigenvalue weighted by Crippen LogP contribution is -2.51. The van der Waals surface area contributed by atoms with Gasteiger partial charge < -0.3 is 14.8 Å². The van der Waals surface area contributed by atoms with Gasteiger partial charge in [0, 0.05) is 5.02 Å². The molecule has 27 heavy (non-hydrogen) atoms. The first-order chi connectivity index (χ1) is 12.8. The van der Waals surface area contributed by atoms with Gasteiger partial charge in [0.15, 0.2) is 6.10 Å². The number of ether oxygens (including phenoxy) is 2. The van der Waals surface area contributed by atoms with Crippen LogP contribution in [0.15, 0.2) is 48.5 Å². The summed E-state index contributed by atoms with van der Waals surface area (Å²) < 4.78 is 36.5. The lowest BCUT2D eigenvalue weighted by molar-refractivity contribution is -0.127. The number of para-hydroxylation sites is 2. The van der Waals surface area contributed by atoms with Crippen molar-refractivity contribution in [2.24, 2.45) is 0 Å². The molecule has 0 fully saturated rings. The second-order valence-electron chi connectivity index (χ2n) is 5.96. The molecule has 0 bridgehead atoms. The van der Waals surface area contributed by atoms with Crippen molar-refractivity contribution in [3.05, 3.63) is 53.6 Å². The van der Waals surface area contributed by atoms with Gasteiger partial charge in [0.1, 0.15) is 18.1 Å². The Balaban J connectivity index is 1.58. The van der Waals surface area contributed by atoms with Crippen molar-refractivity contribution in [1.82, 2.24) is 5.32 Å². The van der Waals surface area contributed by atoms with Gasteiger partial charge in [-0.15, -0.1) is 0 Å². The van der Waals surface area contributed by atoms with Crippen LogP contribution in [-0.2, 0) is 14.8 Å². The molecule has 9 heteroatoms. The van der Waals surface area contributed by atoms with Gasteiger partial charge in [0.05, 0.1) is 25.0 Å². The van der Waals surface area contributed by atoms with Crippen LogP contribution >= 0.6 is 11.6 Å². The van der Waals surface area contributed by atoms with E-state index in [0.717, 1.165) is 6.26 Å². The molecule has 1 amide bonds. The summed E-state index contributed by atoms with van der Waals surface area (Å²) in [5.74, 6) is 0.587. The third-order valence-corrected chi connectivity index (χ3v) is 5.31. The molecule has 144 valence electrons. The van der Waals surface area contributed by atoms with Gasteiger partial charge in [-0.25, -0.2) is 8.42 Å². The fourth-order valence-electron chi connectivity index (χ4n) is 2.64. The zero-order chi connectivity index (χ0) is 19.4. The fourth-order valence-corrected chi connectivity index (χ4v) is 3.68. The summed E-state index contributed by atoms with van der Waals surface area (Å²) in [7, 11) is -3.53. The number of carbonyl (C=O) groups is 1. The molecule has 0 aliphatic carbocycles. The Kier molecular flexibility index (Phi) is 5.76. The van der Waals surface area contributed by atoms with Crippen LogP contribution in [0.4, 0.5) is 5.69 Å². The lowest BCUT2D eigenvalue weighted by Gasteiger charge is -2.33. The number of benzene rings is 2. The van der Waals surface area contributed by atoms with Crippen molar-refractivity contribution in [3.63, 3.8) is 0 Å². The van der Waals surface area contributed by atoms with Gasteiger partial charge in [-0.05, 0) is 36.4 Å². The van der Waals surface area contributed by atoms with Gasteiger partial charge in [-0.1, -0.05) is 23.7 Å². The van der Waals surface area contributed by atoms with E-state index in [-0.39, 0.29) is 19.7 Å². The van der Waals surface area contributed by atoms with E-state index in [2.05, 4.69) is 5.32 Å². The number of sulfonamides is 1. The number of anilines is 1. The molecule has 1 heterocycles. The van der Waals surface area contributed by atoms with Crippen LogP contribution in [-0.4, -0.2) is 46.4 Å². The van der Waals surface area contributed by atoms with Gasteiger partial charge in [-0.2, -0.15) is 0 Å². The highest BCUT2D eigenvalue weighted by atomic mass is 35.5. The van der Waals surface area contributed by atoms with Crippen LogP contribution in [0, 0.1) is 0 Å². The fraction of sp³-hybridized carbons (Fsp3) is 0.278. The maximum Gasteiger partial charge on any atom is 0.263 e. The number of halogens is 1. The molecular formula is C18H19ClN2O5S. The Hall–Kier alpha value is -2.45. The zero-order valence-electron chi connectivity index (χ0n) is 14.6. The maximum absolute atomic E-state index is 12.4. The first kappa shape index (κ1) is 19.3. The SMILES string of the molecule is CS(=O)(=O)N1CC(C(=O)NCCOc2ccc(Cl)cc2)Oc2ccccc21. The van der Waals surface area contributed by atoms with Crippen molar-refractivity contribution in [1.29, 1.82) is 0 Å². The van der Waals surface area contributed by atoms with Crippen molar-refractivity contribution in [2.75, 3.05) is 30.3 Å². The molecule has 1 aliphatic rings. The second kappa shape index (κ2) is 8.06. The Morgan fingerprint density at radius 3 is 2.67 bits per heavy atom. The normalized spacial score (nSPS) is 16.2. The van der Waals surface area contributed by atoms with Crippen LogP contribution in [0.25, 0.3) is 0 Å². The number of hydrogen-bond acceptors (Lipinski definition) is 5. The van der Waals surface area contributed by atoms with E-state index in [9.17, 15) is 13.2 Å². The quantitative estimate of drug-likeness (QED) is 0.737. The first-order valence-corrected chi connectivity index (χ1v) is 10.5. The molecule has 0 saturated carbocycles. The minimum atomic E-state index is -3.53. The topological polar surface area (TPSA) is 84.9 Å². The van der Waals surface area contributed by atoms with Crippen molar-refractivity contribution >= 4 is 33.2 Å². The Labute approximate surface area is 162 Å². The molecule has 3 rings (SSSR count). The highest BCUT2D eigenvalue weighted by molar-refractivity contribution is 7.92. The summed E-state index contributed by atoms with van der Waals surface area (Å²) >= 11 is 5.81. The third-order valence-electron chi connectivity index (χ3n) is 3.91. The average Bonchev–Trinajstić information content (AvgIpc) is 2.64. The lowest BCUT2D eigenvalue weighted by atomic mass is 10.2. The molecule has 0 spiro atoms. The second-order valence-corrected chi connectivity index (χ2v) is 8.30. The molecule has 0 saturated heterocycles. The van der Waals surface area contributed by atoms with E-state index < -0.39 is 22.0 Å². The Morgan fingerprint density at radius 1 is 1.26 bits per heavy atom. The number of nitrogens with zero attached hydrogens (tertiary/aromatic N) is 1. The predicted octanol–water partition coefficient (Wildman–Crippen LogP) is 2.06. The van der Waals surface area contributed by atoms with E-state index in [4.69, 9.17) is 21.1 Å². The molecule has 0 radical (unpaired) electrons. The molecule has 1 unspecified atom stereocenters. The van der Waals surface area contributed by atoms with Crippen molar-refractivity contribution < 1.29 is 22.7 Å². The van der Waals surface area contributed by atoms with Crippen LogP contribution in [0.5, 0.6) is 11.5 Å². The van der Waals surface area contributed by atoms with E-state index in [1.54, 1.807) is 48.5 Å². The molecule has 0 aromatic heterocycles. The molecule has 7 nitrogen and oxygen atoms in total. The molecule has 1 aliphatic heterocycles. The van der Waals surface area contributed by atoms with Gasteiger partial charge in [0.2, 0.25) is 10.0 Å². The zero-order valence-corrected chi connectivity index (χ0v) is 16.2. The smallest absolute Gasteiger partial charge is 0.263 e. The van der Waals surface area contributed by atoms with Crippen molar-refractivity contribution in [2.45, 2.75) is 6.10 Å². The molecule has 2 aromatic rings. The molecule has 2 aromatic carbocycles. The standard InChI is InChI=1S/C18H19ClN2O5S/c1-27(23,24)21-12-17(26-16-5-3-2-4-15(16)21)18(22)20-10-11-25-14-8-6-13(19)7-9-14/h2-9,17H,10-12H2,1H3,(H,20,22). The van der Waals surface area contributed by atoms with Crippen LogP contribution in [0.1, 0.15) is 0 Å². The molecular weight excluding hydrogens is 392 g/mol. The highest BCUT2D eigenvalue weighted by Crippen LogP contribution is 2.34. The number of rotatable bonds is 6. The van der Waals surface area contributed by atoms with Gasteiger partial charge in [-0.3, -0.25) is 9.10 Å². The number of amides is 1. The summed E-state index contributed by atoms with van der Waals surface area (Å²) in [5, 5.41) is 3.31. The predicted molar refractivity (Wildman–Crippen MR) is 103 cm³/mol. The van der Waals surface area contributed by atoms with Gasteiger partial charge >= 0.3 is 0 Å². The number of nitrogens with one attached hydrogen (secondary N) is 1. The summed E-state index contributed by atoms with van der Waals surface area (Å²) in [6.07, 6.45) is 0.162. The minimum Gasteiger partial charge on any atom is -0.492 e. The Morgan fingerprint density at radius 2 is 1.96 bits per heavy atom. The van der Waals surface area contributed by atoms with Crippen LogP contribution in [0.2, 0.25) is 5.02 Å². The van der Waals surface area contributed by atoms with E-state index in [1.807, 2.05) is 0 Å². The van der Waals surface area contributed by atoms with E-state index >= 15 is 0 Å². The third kappa shape index (κ3) is 4.84. The average molecular weight is 411 g/mol. The monoisotopic (exact) mass is 410 g/mol. The van der Waals surface area contributed by atoms with Crippen LogP contribution < -0.4 is 19.1 Å². The summed E-state index contributed by atoms with van der Waals surface area (Å²) in [4.78, 5) is 12.4. The van der Waals surface area contributed by atoms with E-state index in [1.165, 1.54) is 4.31 Å². The number of carbonyl (C=O) groups excluding carboxylic acids is 1. The number of fused-ring (bicyclic) bond motifs is 1. The first-order valence-electron chi connectivity index (χ1n) is 8.24. The summed E-state index contributed by atoms with van der Waals surface area (Å²) in [6.45, 7) is 0.425. The molecule has 1 atom stereocenters. The van der Waals surface area contributed by atoms with Gasteiger partial charge in [0.25, 0.3) is 5.91 Å². The Bertz CT molecular complexity index is 918. The maximum atomic E-state index is 12.4. The number of hydrogen-bond donors (Lipinski definition) is 1. The summed E-state index contributed by atoms with van der Waals surface area (Å²) in [5.41, 5.74) is 0.426. The van der Waals surface area contributed by atoms with E-state index in [0.29, 0.717) is 22.2 Å². The largest absolute Gasteiger partial charge is 0.492 e. The minimum absolute atomic E-state index is 0.0836. The van der Waals surface area contributed by atoms with Crippen LogP contribution in [0.3, 0.4) is 0 Å². The van der Waals surface area contributed by atoms with Crippen molar-refractivity contribution in [3.8, 4) is 11.5 Å². The highest BCUT2D eigenvalue weighted by Gasteiger charge is 2.34.